The number of hydrogen-bond acceptors (Lipinski definition) is 3. The van der Waals surface area contributed by atoms with Gasteiger partial charge in [0, 0.05) is 0 Å². The molecule has 1 rings (SSSR count). The molecule has 0 saturated carbocycles. The third-order valence-corrected chi connectivity index (χ3v) is 8.05. The molecule has 0 aliphatic carbocycles. The normalized spacial score (nSPS) is 11.1. The Morgan fingerprint density at radius 2 is 1.56 bits per heavy atom. The third-order valence-electron chi connectivity index (χ3n) is 3.57. The first kappa shape index (κ1) is 14.8. The molecule has 0 bridgehead atoms. The molecule has 100 valence electrons. The zero-order valence-electron chi connectivity index (χ0n) is 11.7. The van der Waals surface area contributed by atoms with Crippen molar-refractivity contribution in [3.05, 3.63) is 29.8 Å². The molecule has 0 spiro atoms. The van der Waals surface area contributed by atoms with Gasteiger partial charge >= 0.3 is 5.97 Å². The molecule has 1 aromatic carbocycles. The number of hydrogen-bond donors (Lipinski definition) is 0. The topological polar surface area (TPSA) is 35.5 Å². The number of carbonyl (C=O) groups excluding carboxylic acids is 1. The van der Waals surface area contributed by atoms with Gasteiger partial charge in [-0.3, -0.25) is 0 Å². The highest BCUT2D eigenvalue weighted by Gasteiger charge is 2.33. The van der Waals surface area contributed by atoms with Crippen LogP contribution in [0.15, 0.2) is 24.3 Å². The molecule has 0 amide bonds. The van der Waals surface area contributed by atoms with Crippen LogP contribution in [0.2, 0.25) is 18.1 Å². The minimum absolute atomic E-state index is 0.199. The van der Waals surface area contributed by atoms with Gasteiger partial charge in [0.15, 0.2) is 0 Å². The summed E-state index contributed by atoms with van der Waals surface area (Å²) in [5.74, 6) is 0.548. The van der Waals surface area contributed by atoms with Crippen LogP contribution in [0, 0.1) is 0 Å². The molecule has 0 aromatic heterocycles. The van der Waals surface area contributed by atoms with Crippen molar-refractivity contribution in [1.29, 1.82) is 0 Å². The van der Waals surface area contributed by atoms with Crippen molar-refractivity contribution in [2.75, 3.05) is 7.11 Å². The molecule has 0 N–H and O–H groups in total. The highest BCUT2D eigenvalue weighted by Crippen LogP contribution is 2.23. The molecule has 0 aliphatic heterocycles. The van der Waals surface area contributed by atoms with Gasteiger partial charge in [-0.05, 0) is 42.4 Å². The van der Waals surface area contributed by atoms with Crippen molar-refractivity contribution in [2.45, 2.75) is 38.9 Å². The van der Waals surface area contributed by atoms with Gasteiger partial charge in [-0.15, -0.1) is 0 Å². The first-order chi connectivity index (χ1) is 8.60. The van der Waals surface area contributed by atoms with Gasteiger partial charge in [0.2, 0.25) is 0 Å². The molecule has 0 heterocycles. The predicted octanol–water partition coefficient (Wildman–Crippen LogP) is 3.86. The first-order valence-corrected chi connectivity index (χ1v) is 9.01. The van der Waals surface area contributed by atoms with Gasteiger partial charge in [-0.1, -0.05) is 20.8 Å². The minimum atomic E-state index is -1.87. The predicted molar refractivity (Wildman–Crippen MR) is 75.6 cm³/mol. The molecule has 0 aliphatic rings. The maximum absolute atomic E-state index is 12.1. The van der Waals surface area contributed by atoms with Crippen molar-refractivity contribution < 1.29 is 14.0 Å². The summed E-state index contributed by atoms with van der Waals surface area (Å²) >= 11 is 0. The van der Waals surface area contributed by atoms with E-state index in [2.05, 4.69) is 20.8 Å². The van der Waals surface area contributed by atoms with Crippen LogP contribution in [0.4, 0.5) is 0 Å². The monoisotopic (exact) mass is 266 g/mol. The summed E-state index contributed by atoms with van der Waals surface area (Å²) in [6.45, 7) is 6.33. The van der Waals surface area contributed by atoms with Gasteiger partial charge in [0.05, 0.1) is 12.7 Å². The van der Waals surface area contributed by atoms with Gasteiger partial charge in [0.1, 0.15) is 5.75 Å². The number of carbonyl (C=O) groups is 1. The average molecular weight is 266 g/mol. The Balaban J connectivity index is 2.80. The highest BCUT2D eigenvalue weighted by atomic mass is 28.4. The van der Waals surface area contributed by atoms with E-state index in [1.165, 1.54) is 0 Å². The van der Waals surface area contributed by atoms with Crippen molar-refractivity contribution in [1.82, 2.24) is 0 Å². The van der Waals surface area contributed by atoms with Crippen LogP contribution in [-0.4, -0.2) is 21.4 Å². The number of ether oxygens (including phenoxy) is 1. The van der Waals surface area contributed by atoms with Crippen LogP contribution in [-0.2, 0) is 4.43 Å². The molecule has 0 atom stereocenters. The molecule has 3 nitrogen and oxygen atoms in total. The molecule has 4 heteroatoms. The fourth-order valence-corrected chi connectivity index (χ4v) is 4.39. The second-order valence-electron chi connectivity index (χ2n) is 4.36. The summed E-state index contributed by atoms with van der Waals surface area (Å²) in [6.07, 6.45) is 0. The smallest absolute Gasteiger partial charge is 0.324 e. The van der Waals surface area contributed by atoms with Crippen LogP contribution in [0.5, 0.6) is 5.75 Å². The number of rotatable bonds is 6. The van der Waals surface area contributed by atoms with E-state index < -0.39 is 8.32 Å². The summed E-state index contributed by atoms with van der Waals surface area (Å²) in [7, 11) is -0.258. The van der Waals surface area contributed by atoms with Crippen LogP contribution in [0.3, 0.4) is 0 Å². The van der Waals surface area contributed by atoms with E-state index in [0.29, 0.717) is 5.56 Å². The minimum Gasteiger partial charge on any atom is -0.516 e. The largest absolute Gasteiger partial charge is 0.516 e. The standard InChI is InChI=1S/C14H22O3Si/c1-5-18(6-2,7-3)17-14(15)12-8-10-13(16-4)11-9-12/h8-11H,5-7H2,1-4H3. The fraction of sp³-hybridized carbons (Fsp3) is 0.500. The number of methoxy groups -OCH3 is 1. The van der Waals surface area contributed by atoms with Gasteiger partial charge in [0.25, 0.3) is 8.32 Å². The lowest BCUT2D eigenvalue weighted by molar-refractivity contribution is 0.0717. The maximum Gasteiger partial charge on any atom is 0.324 e. The van der Waals surface area contributed by atoms with Crippen LogP contribution < -0.4 is 4.74 Å². The zero-order valence-corrected chi connectivity index (χ0v) is 12.7. The number of benzene rings is 1. The van der Waals surface area contributed by atoms with Gasteiger partial charge < -0.3 is 9.16 Å². The molecule has 0 radical (unpaired) electrons. The third kappa shape index (κ3) is 3.35. The van der Waals surface area contributed by atoms with Gasteiger partial charge in [-0.25, -0.2) is 4.79 Å². The molecular weight excluding hydrogens is 244 g/mol. The Morgan fingerprint density at radius 3 is 1.94 bits per heavy atom. The highest BCUT2D eigenvalue weighted by molar-refractivity contribution is 6.75. The summed E-state index contributed by atoms with van der Waals surface area (Å²) in [6, 6.07) is 9.99. The SMILES string of the molecule is CC[Si](CC)(CC)OC(=O)c1ccc(OC)cc1. The second kappa shape index (κ2) is 6.59. The van der Waals surface area contributed by atoms with E-state index in [1.807, 2.05) is 0 Å². The summed E-state index contributed by atoms with van der Waals surface area (Å²) < 4.78 is 10.9. The van der Waals surface area contributed by atoms with Gasteiger partial charge in [-0.2, -0.15) is 0 Å². The lowest BCUT2D eigenvalue weighted by Gasteiger charge is -2.27. The van der Waals surface area contributed by atoms with Crippen LogP contribution in [0.25, 0.3) is 0 Å². The van der Waals surface area contributed by atoms with Crippen molar-refractivity contribution >= 4 is 14.3 Å². The molecule has 0 fully saturated rings. The van der Waals surface area contributed by atoms with Crippen LogP contribution in [0.1, 0.15) is 31.1 Å². The Hall–Kier alpha value is -1.29. The van der Waals surface area contributed by atoms with E-state index in [1.54, 1.807) is 31.4 Å². The van der Waals surface area contributed by atoms with E-state index in [9.17, 15) is 4.79 Å². The summed E-state index contributed by atoms with van der Waals surface area (Å²) in [5, 5.41) is 0. The second-order valence-corrected chi connectivity index (χ2v) is 9.05. The quantitative estimate of drug-likeness (QED) is 0.733. The van der Waals surface area contributed by atoms with Crippen molar-refractivity contribution in [3.63, 3.8) is 0 Å². The summed E-state index contributed by atoms with van der Waals surface area (Å²) in [4.78, 5) is 12.1. The maximum atomic E-state index is 12.1. The Bertz CT molecular complexity index is 374. The zero-order chi connectivity index (χ0) is 13.6. The lowest BCUT2D eigenvalue weighted by atomic mass is 10.2. The van der Waals surface area contributed by atoms with E-state index >= 15 is 0 Å². The lowest BCUT2D eigenvalue weighted by Crippen LogP contribution is -2.38. The molecular formula is C14H22O3Si. The van der Waals surface area contributed by atoms with E-state index in [0.717, 1.165) is 23.9 Å². The molecule has 1 aromatic rings. The Kier molecular flexibility index (Phi) is 5.41. The van der Waals surface area contributed by atoms with Crippen LogP contribution >= 0.6 is 0 Å². The Morgan fingerprint density at radius 1 is 1.06 bits per heavy atom. The fourth-order valence-electron chi connectivity index (χ4n) is 1.95. The average Bonchev–Trinajstić information content (AvgIpc) is 2.45. The Labute approximate surface area is 110 Å². The van der Waals surface area contributed by atoms with E-state index in [4.69, 9.17) is 9.16 Å². The first-order valence-electron chi connectivity index (χ1n) is 6.48. The molecule has 18 heavy (non-hydrogen) atoms. The van der Waals surface area contributed by atoms with E-state index in [-0.39, 0.29) is 5.97 Å². The molecule has 0 saturated heterocycles. The molecule has 0 unspecified atom stereocenters. The van der Waals surface area contributed by atoms with Crippen molar-refractivity contribution in [3.8, 4) is 5.75 Å². The summed E-state index contributed by atoms with van der Waals surface area (Å²) in [5.41, 5.74) is 0.600. The van der Waals surface area contributed by atoms with Crippen molar-refractivity contribution in [2.24, 2.45) is 0 Å².